The van der Waals surface area contributed by atoms with Crippen molar-refractivity contribution in [3.63, 3.8) is 0 Å². The van der Waals surface area contributed by atoms with E-state index in [1.54, 1.807) is 24.4 Å². The Morgan fingerprint density at radius 1 is 0.909 bits per heavy atom. The van der Waals surface area contributed by atoms with Gasteiger partial charge in [-0.3, -0.25) is 4.55 Å². The van der Waals surface area contributed by atoms with E-state index in [0.717, 1.165) is 23.5 Å². The predicted octanol–water partition coefficient (Wildman–Crippen LogP) is 5.02. The van der Waals surface area contributed by atoms with Crippen LogP contribution in [0, 0.1) is 18.3 Å². The van der Waals surface area contributed by atoms with Crippen molar-refractivity contribution >= 4 is 10.1 Å². The highest BCUT2D eigenvalue weighted by Crippen LogP contribution is 2.35. The molecule has 0 bridgehead atoms. The Balaban J connectivity index is 0.000000257. The molecule has 4 rings (SSSR count). The van der Waals surface area contributed by atoms with E-state index in [1.165, 1.54) is 12.1 Å². The quantitative estimate of drug-likeness (QED) is 0.408. The standard InChI is InChI=1S/C20H19N3.C6H6O3S/c1-17-22-13-15-23(17)14-12-20(16-21,18-8-4-2-5-9-18)19-10-6-3-7-11-19;7-10(8,9)6-4-2-1-3-5-6/h2-11,13,15H,12,14H2,1H3;1-5H,(H,7,8,9). The SMILES string of the molecule is Cc1nccn1CCC(C#N)(c1ccccc1)c1ccccc1.O=S(=O)(O)c1ccccc1. The highest BCUT2D eigenvalue weighted by Gasteiger charge is 2.34. The van der Waals surface area contributed by atoms with Crippen molar-refractivity contribution in [3.05, 3.63) is 120 Å². The van der Waals surface area contributed by atoms with Crippen molar-refractivity contribution in [2.24, 2.45) is 0 Å². The van der Waals surface area contributed by atoms with Gasteiger partial charge >= 0.3 is 0 Å². The topological polar surface area (TPSA) is 96.0 Å². The monoisotopic (exact) mass is 459 g/mol. The van der Waals surface area contributed by atoms with Crippen LogP contribution in [0.5, 0.6) is 0 Å². The number of nitrogens with zero attached hydrogens (tertiary/aromatic N) is 3. The van der Waals surface area contributed by atoms with E-state index in [0.29, 0.717) is 6.42 Å². The molecule has 0 fully saturated rings. The molecule has 0 saturated carbocycles. The lowest BCUT2D eigenvalue weighted by Gasteiger charge is -2.28. The molecule has 1 heterocycles. The fraction of sp³-hybridized carbons (Fsp3) is 0.154. The van der Waals surface area contributed by atoms with Gasteiger partial charge in [0.2, 0.25) is 0 Å². The third-order valence-corrected chi connectivity index (χ3v) is 6.28. The maximum Gasteiger partial charge on any atom is 0.294 e. The van der Waals surface area contributed by atoms with Gasteiger partial charge in [0.1, 0.15) is 11.2 Å². The van der Waals surface area contributed by atoms with Gasteiger partial charge in [0.05, 0.1) is 11.0 Å². The van der Waals surface area contributed by atoms with Crippen LogP contribution in [0.25, 0.3) is 0 Å². The van der Waals surface area contributed by atoms with Crippen LogP contribution in [0.2, 0.25) is 0 Å². The number of hydrogen-bond acceptors (Lipinski definition) is 4. The molecule has 4 aromatic rings. The summed E-state index contributed by atoms with van der Waals surface area (Å²) in [4.78, 5) is 4.19. The molecule has 0 saturated heterocycles. The van der Waals surface area contributed by atoms with E-state index in [4.69, 9.17) is 4.55 Å². The normalized spacial score (nSPS) is 11.2. The molecule has 0 atom stereocenters. The molecule has 1 N–H and O–H groups in total. The van der Waals surface area contributed by atoms with E-state index < -0.39 is 15.5 Å². The number of rotatable bonds is 6. The Morgan fingerprint density at radius 2 is 1.39 bits per heavy atom. The predicted molar refractivity (Wildman–Crippen MR) is 127 cm³/mol. The van der Waals surface area contributed by atoms with Crippen molar-refractivity contribution in [1.29, 1.82) is 5.26 Å². The minimum absolute atomic E-state index is 0.0741. The number of nitriles is 1. The van der Waals surface area contributed by atoms with Crippen molar-refractivity contribution in [2.75, 3.05) is 0 Å². The second-order valence-electron chi connectivity index (χ2n) is 7.46. The fourth-order valence-corrected chi connectivity index (χ4v) is 4.11. The summed E-state index contributed by atoms with van der Waals surface area (Å²) in [6.45, 7) is 2.74. The largest absolute Gasteiger partial charge is 0.335 e. The zero-order chi connectivity index (χ0) is 23.7. The molecule has 3 aromatic carbocycles. The Morgan fingerprint density at radius 3 is 1.76 bits per heavy atom. The molecule has 0 spiro atoms. The first-order valence-electron chi connectivity index (χ1n) is 10.4. The summed E-state index contributed by atoms with van der Waals surface area (Å²) in [7, 11) is -4.00. The highest BCUT2D eigenvalue weighted by atomic mass is 32.2. The van der Waals surface area contributed by atoms with E-state index in [-0.39, 0.29) is 4.90 Å². The highest BCUT2D eigenvalue weighted by molar-refractivity contribution is 7.85. The van der Waals surface area contributed by atoms with Gasteiger partial charge in [0.25, 0.3) is 10.1 Å². The van der Waals surface area contributed by atoms with Crippen LogP contribution in [-0.2, 0) is 22.1 Å². The van der Waals surface area contributed by atoms with Crippen LogP contribution in [0.15, 0.2) is 108 Å². The van der Waals surface area contributed by atoms with Gasteiger partial charge in [-0.25, -0.2) is 4.98 Å². The molecule has 0 aliphatic heterocycles. The lowest BCUT2D eigenvalue weighted by Crippen LogP contribution is -2.27. The first-order valence-corrected chi connectivity index (χ1v) is 11.8. The summed E-state index contributed by atoms with van der Waals surface area (Å²) in [5.41, 5.74) is 1.41. The first kappa shape index (κ1) is 23.9. The molecule has 6 nitrogen and oxygen atoms in total. The van der Waals surface area contributed by atoms with Gasteiger partial charge in [-0.15, -0.1) is 0 Å². The zero-order valence-corrected chi connectivity index (χ0v) is 19.1. The Bertz CT molecular complexity index is 1260. The summed E-state index contributed by atoms with van der Waals surface area (Å²) in [5.74, 6) is 0.970. The van der Waals surface area contributed by atoms with E-state index in [1.807, 2.05) is 73.8 Å². The minimum atomic E-state index is -4.00. The summed E-state index contributed by atoms with van der Waals surface area (Å²) < 4.78 is 31.3. The van der Waals surface area contributed by atoms with Gasteiger partial charge < -0.3 is 4.57 Å². The van der Waals surface area contributed by atoms with E-state index >= 15 is 0 Å². The van der Waals surface area contributed by atoms with E-state index in [2.05, 4.69) is 15.6 Å². The van der Waals surface area contributed by atoms with Crippen LogP contribution in [0.3, 0.4) is 0 Å². The van der Waals surface area contributed by atoms with Crippen LogP contribution in [-0.4, -0.2) is 22.5 Å². The number of imidazole rings is 1. The average Bonchev–Trinajstić information content (AvgIpc) is 3.26. The lowest BCUT2D eigenvalue weighted by atomic mass is 9.73. The number of hydrogen-bond donors (Lipinski definition) is 1. The molecule has 33 heavy (non-hydrogen) atoms. The molecule has 1 aromatic heterocycles. The van der Waals surface area contributed by atoms with Crippen LogP contribution >= 0.6 is 0 Å². The third-order valence-electron chi connectivity index (χ3n) is 5.42. The second-order valence-corrected chi connectivity index (χ2v) is 8.88. The van der Waals surface area contributed by atoms with Gasteiger partial charge in [-0.2, -0.15) is 13.7 Å². The molecule has 0 aliphatic rings. The zero-order valence-electron chi connectivity index (χ0n) is 18.2. The molecule has 0 amide bonds. The van der Waals surface area contributed by atoms with Crippen LogP contribution in [0.1, 0.15) is 23.4 Å². The Kier molecular flexibility index (Phi) is 7.78. The summed E-state index contributed by atoms with van der Waals surface area (Å²) in [5, 5.41) is 10.1. The average molecular weight is 460 g/mol. The molecule has 0 unspecified atom stereocenters. The third kappa shape index (κ3) is 5.95. The van der Waals surface area contributed by atoms with Crippen LogP contribution < -0.4 is 0 Å². The maximum atomic E-state index is 10.4. The van der Waals surface area contributed by atoms with E-state index in [9.17, 15) is 13.7 Å². The van der Waals surface area contributed by atoms with Crippen molar-refractivity contribution < 1.29 is 13.0 Å². The molecular formula is C26H25N3O3S. The van der Waals surface area contributed by atoms with Crippen LogP contribution in [0.4, 0.5) is 0 Å². The minimum Gasteiger partial charge on any atom is -0.335 e. The number of aromatic nitrogens is 2. The molecular weight excluding hydrogens is 434 g/mol. The molecule has 168 valence electrons. The smallest absolute Gasteiger partial charge is 0.294 e. The summed E-state index contributed by atoms with van der Waals surface area (Å²) in [6, 6.07) is 30.1. The lowest BCUT2D eigenvalue weighted by molar-refractivity contribution is 0.483. The molecule has 0 radical (unpaired) electrons. The molecule has 7 heteroatoms. The number of aryl methyl sites for hydroxylation is 2. The summed E-state index contributed by atoms with van der Waals surface area (Å²) >= 11 is 0. The van der Waals surface area contributed by atoms with Gasteiger partial charge in [0, 0.05) is 18.9 Å². The fourth-order valence-electron chi connectivity index (χ4n) is 3.61. The van der Waals surface area contributed by atoms with Crippen molar-refractivity contribution in [2.45, 2.75) is 30.2 Å². The maximum absolute atomic E-state index is 10.4. The second kappa shape index (κ2) is 10.7. The van der Waals surface area contributed by atoms with Crippen molar-refractivity contribution in [3.8, 4) is 6.07 Å². The first-order chi connectivity index (χ1) is 15.9. The van der Waals surface area contributed by atoms with Gasteiger partial charge in [-0.05, 0) is 36.6 Å². The van der Waals surface area contributed by atoms with Crippen molar-refractivity contribution in [1.82, 2.24) is 9.55 Å². The number of benzene rings is 3. The molecule has 0 aliphatic carbocycles. The van der Waals surface area contributed by atoms with Gasteiger partial charge in [0.15, 0.2) is 0 Å². The Hall–Kier alpha value is -3.73. The summed E-state index contributed by atoms with van der Waals surface area (Å²) in [6.07, 6.45) is 4.47. The Labute approximate surface area is 194 Å². The van der Waals surface area contributed by atoms with Gasteiger partial charge in [-0.1, -0.05) is 78.9 Å².